The highest BCUT2D eigenvalue weighted by Gasteiger charge is 1.98. The van der Waals surface area contributed by atoms with Gasteiger partial charge in [0.15, 0.2) is 0 Å². The average Bonchev–Trinajstić information content (AvgIpc) is 2.40. The van der Waals surface area contributed by atoms with Crippen LogP contribution in [0.15, 0.2) is 11.6 Å². The van der Waals surface area contributed by atoms with Gasteiger partial charge in [0.2, 0.25) is 0 Å². The van der Waals surface area contributed by atoms with Crippen molar-refractivity contribution in [2.24, 2.45) is 0 Å². The van der Waals surface area contributed by atoms with Gasteiger partial charge in [0.1, 0.15) is 5.01 Å². The van der Waals surface area contributed by atoms with E-state index in [1.54, 1.807) is 11.3 Å². The summed E-state index contributed by atoms with van der Waals surface area (Å²) in [6, 6.07) is 0. The number of hydrogen-bond donors (Lipinski definition) is 0. The number of hydrogen-bond acceptors (Lipinski definition) is 3. The third kappa shape index (κ3) is 2.71. The van der Waals surface area contributed by atoms with Gasteiger partial charge in [-0.25, -0.2) is 4.98 Å². The second-order valence-corrected chi connectivity index (χ2v) is 3.28. The molecule has 1 rings (SSSR count). The van der Waals surface area contributed by atoms with E-state index in [-0.39, 0.29) is 0 Å². The molecule has 0 radical (unpaired) electrons. The zero-order valence-electron chi connectivity index (χ0n) is 6.45. The largest absolute Gasteiger partial charge is 0.289 e. The summed E-state index contributed by atoms with van der Waals surface area (Å²) in [5.74, 6) is 2.58. The summed E-state index contributed by atoms with van der Waals surface area (Å²) in [5, 5.41) is 3.08. The van der Waals surface area contributed by atoms with Gasteiger partial charge in [-0.05, 0) is 7.05 Å². The summed E-state index contributed by atoms with van der Waals surface area (Å²) in [7, 11) is 1.99. The first kappa shape index (κ1) is 8.25. The third-order valence-electron chi connectivity index (χ3n) is 1.25. The Balaban J connectivity index is 2.38. The molecule has 0 saturated carbocycles. The highest BCUT2D eigenvalue weighted by Crippen LogP contribution is 2.05. The van der Waals surface area contributed by atoms with Crippen LogP contribution in [0.1, 0.15) is 5.01 Å². The molecule has 0 atom stereocenters. The monoisotopic (exact) mass is 166 g/mol. The third-order valence-corrected chi connectivity index (χ3v) is 2.01. The van der Waals surface area contributed by atoms with Gasteiger partial charge in [-0.1, -0.05) is 5.92 Å². The van der Waals surface area contributed by atoms with Crippen LogP contribution in [0.4, 0.5) is 0 Å². The zero-order valence-corrected chi connectivity index (χ0v) is 7.27. The van der Waals surface area contributed by atoms with Gasteiger partial charge < -0.3 is 0 Å². The minimum Gasteiger partial charge on any atom is -0.289 e. The molecule has 0 unspecified atom stereocenters. The summed E-state index contributed by atoms with van der Waals surface area (Å²) >= 11 is 1.66. The Kier molecular flexibility index (Phi) is 3.09. The molecule has 58 valence electrons. The molecule has 2 nitrogen and oxygen atoms in total. The minimum atomic E-state index is 0.680. The van der Waals surface area contributed by atoms with Crippen LogP contribution < -0.4 is 0 Å². The molecule has 0 aromatic carbocycles. The van der Waals surface area contributed by atoms with E-state index in [0.29, 0.717) is 6.54 Å². The zero-order chi connectivity index (χ0) is 8.10. The lowest BCUT2D eigenvalue weighted by molar-refractivity contribution is 0.368. The maximum absolute atomic E-state index is 5.15. The molecule has 0 spiro atoms. The van der Waals surface area contributed by atoms with Crippen molar-refractivity contribution in [1.29, 1.82) is 0 Å². The smallest absolute Gasteiger partial charge is 0.107 e. The molecular weight excluding hydrogens is 156 g/mol. The minimum absolute atomic E-state index is 0.680. The second kappa shape index (κ2) is 4.12. The van der Waals surface area contributed by atoms with Crippen molar-refractivity contribution in [1.82, 2.24) is 9.88 Å². The van der Waals surface area contributed by atoms with Crippen LogP contribution in [-0.2, 0) is 6.54 Å². The van der Waals surface area contributed by atoms with E-state index in [9.17, 15) is 0 Å². The van der Waals surface area contributed by atoms with Crippen LogP contribution in [0.3, 0.4) is 0 Å². The molecular formula is C8H10N2S. The van der Waals surface area contributed by atoms with Crippen molar-refractivity contribution >= 4 is 11.3 Å². The Hall–Kier alpha value is -0.850. The van der Waals surface area contributed by atoms with Crippen molar-refractivity contribution in [2.75, 3.05) is 13.6 Å². The molecule has 3 heteroatoms. The molecule has 0 aliphatic carbocycles. The molecule has 0 N–H and O–H groups in total. The SMILES string of the molecule is C#CCN(C)Cc1nccs1. The lowest BCUT2D eigenvalue weighted by Gasteiger charge is -2.09. The molecule has 0 aliphatic heterocycles. The van der Waals surface area contributed by atoms with Crippen molar-refractivity contribution in [3.05, 3.63) is 16.6 Å². The average molecular weight is 166 g/mol. The number of thiazole rings is 1. The number of aromatic nitrogens is 1. The van der Waals surface area contributed by atoms with E-state index in [2.05, 4.69) is 15.8 Å². The Bertz CT molecular complexity index is 235. The molecule has 1 aromatic heterocycles. The summed E-state index contributed by atoms with van der Waals surface area (Å²) in [5.41, 5.74) is 0. The topological polar surface area (TPSA) is 16.1 Å². The van der Waals surface area contributed by atoms with Gasteiger partial charge in [0, 0.05) is 11.6 Å². The van der Waals surface area contributed by atoms with E-state index in [1.165, 1.54) is 0 Å². The first-order valence-electron chi connectivity index (χ1n) is 3.33. The lowest BCUT2D eigenvalue weighted by Crippen LogP contribution is -2.17. The van der Waals surface area contributed by atoms with Crippen LogP contribution in [0.2, 0.25) is 0 Å². The first-order valence-corrected chi connectivity index (χ1v) is 4.21. The molecule has 0 fully saturated rings. The Labute approximate surface area is 70.9 Å². The first-order chi connectivity index (χ1) is 5.33. The maximum Gasteiger partial charge on any atom is 0.107 e. The molecule has 1 aromatic rings. The van der Waals surface area contributed by atoms with Gasteiger partial charge in [-0.3, -0.25) is 4.90 Å². The fourth-order valence-corrected chi connectivity index (χ4v) is 1.47. The van der Waals surface area contributed by atoms with Crippen LogP contribution in [0.25, 0.3) is 0 Å². The van der Waals surface area contributed by atoms with Gasteiger partial charge in [-0.15, -0.1) is 17.8 Å². The highest BCUT2D eigenvalue weighted by atomic mass is 32.1. The highest BCUT2D eigenvalue weighted by molar-refractivity contribution is 7.09. The van der Waals surface area contributed by atoms with Crippen LogP contribution in [0.5, 0.6) is 0 Å². The summed E-state index contributed by atoms with van der Waals surface area (Å²) < 4.78 is 0. The second-order valence-electron chi connectivity index (χ2n) is 2.30. The van der Waals surface area contributed by atoms with Gasteiger partial charge in [-0.2, -0.15) is 0 Å². The quantitative estimate of drug-likeness (QED) is 0.627. The fourth-order valence-electron chi connectivity index (χ4n) is 0.774. The Morgan fingerprint density at radius 1 is 1.82 bits per heavy atom. The van der Waals surface area contributed by atoms with Gasteiger partial charge >= 0.3 is 0 Å². The molecule has 11 heavy (non-hydrogen) atoms. The summed E-state index contributed by atoms with van der Waals surface area (Å²) in [4.78, 5) is 6.20. The van der Waals surface area contributed by atoms with E-state index >= 15 is 0 Å². The van der Waals surface area contributed by atoms with Gasteiger partial charge in [0.25, 0.3) is 0 Å². The fraction of sp³-hybridized carbons (Fsp3) is 0.375. The number of rotatable bonds is 3. The van der Waals surface area contributed by atoms with Crippen molar-refractivity contribution in [2.45, 2.75) is 6.54 Å². The van der Waals surface area contributed by atoms with E-state index in [0.717, 1.165) is 11.6 Å². The summed E-state index contributed by atoms with van der Waals surface area (Å²) in [6.45, 7) is 1.53. The van der Waals surface area contributed by atoms with E-state index < -0.39 is 0 Å². The Morgan fingerprint density at radius 2 is 2.64 bits per heavy atom. The summed E-state index contributed by atoms with van der Waals surface area (Å²) in [6.07, 6.45) is 6.96. The van der Waals surface area contributed by atoms with Crippen LogP contribution in [0, 0.1) is 12.3 Å². The number of nitrogens with zero attached hydrogens (tertiary/aromatic N) is 2. The van der Waals surface area contributed by atoms with Crippen LogP contribution >= 0.6 is 11.3 Å². The number of terminal acetylenes is 1. The van der Waals surface area contributed by atoms with E-state index in [4.69, 9.17) is 6.42 Å². The normalized spacial score (nSPS) is 9.91. The molecule has 0 bridgehead atoms. The van der Waals surface area contributed by atoms with Crippen molar-refractivity contribution < 1.29 is 0 Å². The van der Waals surface area contributed by atoms with E-state index in [1.807, 2.05) is 18.6 Å². The molecule has 0 saturated heterocycles. The molecule has 0 aliphatic rings. The predicted octanol–water partition coefficient (Wildman–Crippen LogP) is 1.21. The maximum atomic E-state index is 5.15. The van der Waals surface area contributed by atoms with Crippen LogP contribution in [-0.4, -0.2) is 23.5 Å². The standard InChI is InChI=1S/C8H10N2S/c1-3-5-10(2)7-8-9-4-6-11-8/h1,4,6H,5,7H2,2H3. The lowest BCUT2D eigenvalue weighted by atomic mass is 10.5. The van der Waals surface area contributed by atoms with Gasteiger partial charge in [0.05, 0.1) is 13.1 Å². The Morgan fingerprint density at radius 3 is 3.18 bits per heavy atom. The molecule has 1 heterocycles. The van der Waals surface area contributed by atoms with Crippen molar-refractivity contribution in [3.8, 4) is 12.3 Å². The van der Waals surface area contributed by atoms with Crippen molar-refractivity contribution in [3.63, 3.8) is 0 Å². The predicted molar refractivity (Wildman–Crippen MR) is 47.3 cm³/mol. The molecule has 0 amide bonds.